The van der Waals surface area contributed by atoms with Gasteiger partial charge in [0.15, 0.2) is 0 Å². The van der Waals surface area contributed by atoms with Crippen LogP contribution in [0.5, 0.6) is 0 Å². The molecule has 1 aliphatic heterocycles. The minimum atomic E-state index is -0.455. The molecule has 146 valence electrons. The Balaban J connectivity index is 1.43. The van der Waals surface area contributed by atoms with Crippen LogP contribution in [-0.2, 0) is 9.59 Å². The second-order valence-electron chi connectivity index (χ2n) is 7.15. The maximum atomic E-state index is 12.3. The summed E-state index contributed by atoms with van der Waals surface area (Å²) in [6, 6.07) is 5.02. The Morgan fingerprint density at radius 2 is 1.70 bits per heavy atom. The summed E-state index contributed by atoms with van der Waals surface area (Å²) in [7, 11) is 0. The molecule has 1 heterocycles. The van der Waals surface area contributed by atoms with E-state index in [-0.39, 0.29) is 24.0 Å². The predicted octanol–water partition coefficient (Wildman–Crippen LogP) is 0.738. The lowest BCUT2D eigenvalue weighted by Crippen LogP contribution is -2.51. The van der Waals surface area contributed by atoms with E-state index in [1.54, 1.807) is 19.1 Å². The minimum absolute atomic E-state index is 0.00844. The highest BCUT2D eigenvalue weighted by Crippen LogP contribution is 2.25. The molecule has 0 unspecified atom stereocenters. The molecule has 27 heavy (non-hydrogen) atoms. The Hall–Kier alpha value is -2.52. The number of hydrogen-bond donors (Lipinski definition) is 2. The summed E-state index contributed by atoms with van der Waals surface area (Å²) < 4.78 is 0. The van der Waals surface area contributed by atoms with Gasteiger partial charge in [0.05, 0.1) is 29.3 Å². The van der Waals surface area contributed by atoms with E-state index < -0.39 is 4.92 Å². The number of nitrogens with zero attached hydrogens (tertiary/aromatic N) is 3. The van der Waals surface area contributed by atoms with Crippen LogP contribution in [0.4, 0.5) is 11.4 Å². The molecule has 9 nitrogen and oxygen atoms in total. The molecule has 0 atom stereocenters. The first-order valence-corrected chi connectivity index (χ1v) is 9.20. The number of amides is 2. The van der Waals surface area contributed by atoms with Crippen molar-refractivity contribution in [1.82, 2.24) is 15.1 Å². The van der Waals surface area contributed by atoms with Crippen molar-refractivity contribution in [3.8, 4) is 0 Å². The van der Waals surface area contributed by atoms with E-state index in [0.29, 0.717) is 36.9 Å². The molecule has 3 rings (SSSR count). The summed E-state index contributed by atoms with van der Waals surface area (Å²) in [5.74, 6) is -0.122. The van der Waals surface area contributed by atoms with E-state index in [1.807, 2.05) is 4.90 Å². The maximum Gasteiger partial charge on any atom is 0.274 e. The molecule has 2 aliphatic rings. The topological polar surface area (TPSA) is 108 Å². The van der Waals surface area contributed by atoms with Gasteiger partial charge in [0.2, 0.25) is 11.8 Å². The first-order chi connectivity index (χ1) is 12.9. The molecule has 9 heteroatoms. The number of nitrogens with one attached hydrogen (secondary N) is 2. The quantitative estimate of drug-likeness (QED) is 0.538. The Morgan fingerprint density at radius 3 is 2.26 bits per heavy atom. The third-order valence-electron chi connectivity index (χ3n) is 4.92. The molecule has 1 saturated heterocycles. The van der Waals surface area contributed by atoms with E-state index in [9.17, 15) is 19.7 Å². The standard InChI is InChI=1S/C18H25N5O4/c1-13-15(3-2-4-16(13)23(26)27)20-18(25)12-22-9-7-21(8-10-22)11-17(24)19-14-5-6-14/h2-4,14H,5-12H2,1H3,(H,19,24)(H,20,25). The lowest BCUT2D eigenvalue weighted by atomic mass is 10.1. The van der Waals surface area contributed by atoms with Gasteiger partial charge in [-0.05, 0) is 25.8 Å². The molecule has 2 fully saturated rings. The molecule has 1 aromatic carbocycles. The number of carbonyl (C=O) groups is 2. The van der Waals surface area contributed by atoms with Gasteiger partial charge in [0, 0.05) is 38.3 Å². The summed E-state index contributed by atoms with van der Waals surface area (Å²) in [4.78, 5) is 38.8. The molecule has 0 spiro atoms. The molecule has 1 aliphatic carbocycles. The van der Waals surface area contributed by atoms with E-state index in [1.165, 1.54) is 6.07 Å². The molecule has 0 aromatic heterocycles. The highest BCUT2D eigenvalue weighted by Gasteiger charge is 2.25. The summed E-state index contributed by atoms with van der Waals surface area (Å²) in [5, 5.41) is 16.7. The Kier molecular flexibility index (Phi) is 6.02. The predicted molar refractivity (Wildman–Crippen MR) is 101 cm³/mol. The molecular formula is C18H25N5O4. The number of anilines is 1. The lowest BCUT2D eigenvalue weighted by molar-refractivity contribution is -0.385. The van der Waals surface area contributed by atoms with Gasteiger partial charge in [-0.25, -0.2) is 0 Å². The van der Waals surface area contributed by atoms with E-state index >= 15 is 0 Å². The van der Waals surface area contributed by atoms with Gasteiger partial charge >= 0.3 is 0 Å². The normalized spacial score (nSPS) is 18.1. The molecule has 2 amide bonds. The van der Waals surface area contributed by atoms with Gasteiger partial charge < -0.3 is 10.6 Å². The summed E-state index contributed by atoms with van der Waals surface area (Å²) >= 11 is 0. The average molecular weight is 375 g/mol. The van der Waals surface area contributed by atoms with Crippen molar-refractivity contribution in [2.75, 3.05) is 44.6 Å². The van der Waals surface area contributed by atoms with Crippen LogP contribution in [0.25, 0.3) is 0 Å². The van der Waals surface area contributed by atoms with Gasteiger partial charge in [-0.2, -0.15) is 0 Å². The molecular weight excluding hydrogens is 350 g/mol. The number of hydrogen-bond acceptors (Lipinski definition) is 6. The molecule has 0 radical (unpaired) electrons. The van der Waals surface area contributed by atoms with Crippen molar-refractivity contribution in [3.05, 3.63) is 33.9 Å². The van der Waals surface area contributed by atoms with Crippen LogP contribution in [0.2, 0.25) is 0 Å². The van der Waals surface area contributed by atoms with E-state index in [2.05, 4.69) is 15.5 Å². The van der Waals surface area contributed by atoms with Crippen molar-refractivity contribution in [2.24, 2.45) is 0 Å². The SMILES string of the molecule is Cc1c(NC(=O)CN2CCN(CC(=O)NC3CC3)CC2)cccc1[N+](=O)[O-]. The van der Waals surface area contributed by atoms with Crippen LogP contribution in [-0.4, -0.2) is 71.8 Å². The molecule has 1 aromatic rings. The van der Waals surface area contributed by atoms with Crippen LogP contribution >= 0.6 is 0 Å². The fourth-order valence-corrected chi connectivity index (χ4v) is 3.16. The third kappa shape index (κ3) is 5.48. The van der Waals surface area contributed by atoms with Crippen LogP contribution in [0.3, 0.4) is 0 Å². The van der Waals surface area contributed by atoms with Gasteiger partial charge in [0.25, 0.3) is 5.69 Å². The van der Waals surface area contributed by atoms with Crippen molar-refractivity contribution < 1.29 is 14.5 Å². The molecule has 2 N–H and O–H groups in total. The number of piperazine rings is 1. The zero-order valence-corrected chi connectivity index (χ0v) is 15.4. The fourth-order valence-electron chi connectivity index (χ4n) is 3.16. The van der Waals surface area contributed by atoms with Gasteiger partial charge in [0.1, 0.15) is 0 Å². The Morgan fingerprint density at radius 1 is 1.11 bits per heavy atom. The van der Waals surface area contributed by atoms with Gasteiger partial charge in [-0.15, -0.1) is 0 Å². The Labute approximate surface area is 157 Å². The van der Waals surface area contributed by atoms with Crippen molar-refractivity contribution in [3.63, 3.8) is 0 Å². The van der Waals surface area contributed by atoms with Crippen molar-refractivity contribution in [1.29, 1.82) is 0 Å². The van der Waals surface area contributed by atoms with Crippen LogP contribution in [0.1, 0.15) is 18.4 Å². The number of benzene rings is 1. The maximum absolute atomic E-state index is 12.3. The summed E-state index contributed by atoms with van der Waals surface area (Å²) in [6.07, 6.45) is 2.16. The van der Waals surface area contributed by atoms with E-state index in [0.717, 1.165) is 25.9 Å². The first-order valence-electron chi connectivity index (χ1n) is 9.20. The number of carbonyl (C=O) groups excluding carboxylic acids is 2. The first kappa shape index (κ1) is 19.2. The summed E-state index contributed by atoms with van der Waals surface area (Å²) in [5.41, 5.74) is 0.901. The van der Waals surface area contributed by atoms with Crippen LogP contribution in [0.15, 0.2) is 18.2 Å². The monoisotopic (exact) mass is 375 g/mol. The number of rotatable bonds is 7. The smallest absolute Gasteiger partial charge is 0.274 e. The fraction of sp³-hybridized carbons (Fsp3) is 0.556. The van der Waals surface area contributed by atoms with Gasteiger partial charge in [-0.1, -0.05) is 6.07 Å². The van der Waals surface area contributed by atoms with Gasteiger partial charge in [-0.3, -0.25) is 29.5 Å². The zero-order chi connectivity index (χ0) is 19.4. The second kappa shape index (κ2) is 8.45. The highest BCUT2D eigenvalue weighted by atomic mass is 16.6. The highest BCUT2D eigenvalue weighted by molar-refractivity contribution is 5.93. The Bertz CT molecular complexity index is 726. The molecule has 1 saturated carbocycles. The van der Waals surface area contributed by atoms with Crippen molar-refractivity contribution >= 4 is 23.2 Å². The third-order valence-corrected chi connectivity index (χ3v) is 4.92. The number of nitro benzene ring substituents is 1. The molecule has 0 bridgehead atoms. The van der Waals surface area contributed by atoms with Crippen LogP contribution in [0, 0.1) is 17.0 Å². The minimum Gasteiger partial charge on any atom is -0.352 e. The summed E-state index contributed by atoms with van der Waals surface area (Å²) in [6.45, 7) is 5.14. The van der Waals surface area contributed by atoms with E-state index in [4.69, 9.17) is 0 Å². The van der Waals surface area contributed by atoms with Crippen molar-refractivity contribution in [2.45, 2.75) is 25.8 Å². The largest absolute Gasteiger partial charge is 0.352 e. The van der Waals surface area contributed by atoms with Crippen LogP contribution < -0.4 is 10.6 Å². The zero-order valence-electron chi connectivity index (χ0n) is 15.4. The number of nitro groups is 1. The average Bonchev–Trinajstić information content (AvgIpc) is 3.42. The lowest BCUT2D eigenvalue weighted by Gasteiger charge is -2.33. The second-order valence-corrected chi connectivity index (χ2v) is 7.15.